The van der Waals surface area contributed by atoms with Crippen LogP contribution in [-0.2, 0) is 0 Å². The minimum atomic E-state index is 1.09. The lowest BCUT2D eigenvalue weighted by Crippen LogP contribution is -1.94. The molecule has 0 aliphatic carbocycles. The van der Waals surface area contributed by atoms with Crippen LogP contribution in [0, 0.1) is 0 Å². The fraction of sp³-hybridized carbons (Fsp3) is 0.0182. The summed E-state index contributed by atoms with van der Waals surface area (Å²) in [6.45, 7) is 6.04. The second kappa shape index (κ2) is 13.8. The molecular formula is C55H38N2S. The Bertz CT molecular complexity index is 3470. The van der Waals surface area contributed by atoms with Crippen molar-refractivity contribution in [2.24, 2.45) is 0 Å². The van der Waals surface area contributed by atoms with E-state index in [0.29, 0.717) is 0 Å². The van der Waals surface area contributed by atoms with E-state index in [0.717, 1.165) is 11.4 Å². The van der Waals surface area contributed by atoms with Crippen LogP contribution in [0.1, 0.15) is 6.92 Å². The molecule has 58 heavy (non-hydrogen) atoms. The van der Waals surface area contributed by atoms with Crippen molar-refractivity contribution in [1.29, 1.82) is 0 Å². The molecule has 8 aromatic carbocycles. The molecule has 0 N–H and O–H groups in total. The first-order valence-electron chi connectivity index (χ1n) is 19.8. The predicted molar refractivity (Wildman–Crippen MR) is 252 cm³/mol. The molecule has 11 aromatic rings. The van der Waals surface area contributed by atoms with Crippen LogP contribution in [0.25, 0.3) is 109 Å². The fourth-order valence-corrected chi connectivity index (χ4v) is 10.0. The number of thiophene rings is 1. The molecule has 0 aliphatic rings. The quantitative estimate of drug-likeness (QED) is 0.143. The van der Waals surface area contributed by atoms with Crippen molar-refractivity contribution >= 4 is 80.8 Å². The summed E-state index contributed by atoms with van der Waals surface area (Å²) in [5.74, 6) is 0. The van der Waals surface area contributed by atoms with Gasteiger partial charge in [0.05, 0.1) is 22.1 Å². The smallest absolute Gasteiger partial charge is 0.0541 e. The SMILES string of the molecule is C=C/C=C(\C=C/C)n1c2ccccc2c2cc(-c3ccc4c(c3)c3ccccc3n4-c3ccc(-c4cccc(-c5ccc6sc7ccccc7c6c5)c4)cc3)ccc21. The molecule has 0 aliphatic heterocycles. The van der Waals surface area contributed by atoms with E-state index in [4.69, 9.17) is 0 Å². The van der Waals surface area contributed by atoms with Gasteiger partial charge in [0.15, 0.2) is 0 Å². The van der Waals surface area contributed by atoms with Gasteiger partial charge in [0.25, 0.3) is 0 Å². The number of rotatable bonds is 7. The van der Waals surface area contributed by atoms with Crippen molar-refractivity contribution in [3.8, 4) is 39.1 Å². The lowest BCUT2D eigenvalue weighted by molar-refractivity contribution is 1.18. The number of aromatic nitrogens is 2. The first-order chi connectivity index (χ1) is 28.7. The summed E-state index contributed by atoms with van der Waals surface area (Å²) in [7, 11) is 0. The normalized spacial score (nSPS) is 12.3. The third-order valence-corrected chi connectivity index (χ3v) is 12.7. The molecule has 0 saturated heterocycles. The van der Waals surface area contributed by atoms with Crippen LogP contribution in [0.3, 0.4) is 0 Å². The summed E-state index contributed by atoms with van der Waals surface area (Å²) in [5, 5.41) is 7.61. The van der Waals surface area contributed by atoms with Gasteiger partial charge in [0, 0.05) is 53.1 Å². The van der Waals surface area contributed by atoms with Gasteiger partial charge in [-0.1, -0.05) is 122 Å². The molecule has 0 unspecified atom stereocenters. The van der Waals surface area contributed by atoms with Gasteiger partial charge in [0.1, 0.15) is 0 Å². The Labute approximate surface area is 341 Å². The van der Waals surface area contributed by atoms with E-state index in [-0.39, 0.29) is 0 Å². The number of allylic oxidation sites excluding steroid dienone is 5. The standard InChI is InChI=1S/C55H38N2S/c1-3-12-42(13-4-2)56-50-19-8-5-16-44(50)47-33-39(24-29-52(47)56)40-25-30-53-48(34-40)45-17-6-9-20-51(45)57(53)43-27-22-36(23-28-43)37-14-11-15-38(32-37)41-26-31-55-49(35-41)46-18-7-10-21-54(46)58-55/h3-35H,1H2,2H3/b13-4-,42-12+. The van der Waals surface area contributed by atoms with E-state index in [1.54, 1.807) is 0 Å². The van der Waals surface area contributed by atoms with Gasteiger partial charge in [0.2, 0.25) is 0 Å². The monoisotopic (exact) mass is 758 g/mol. The van der Waals surface area contributed by atoms with Crippen molar-refractivity contribution in [2.75, 3.05) is 0 Å². The Morgan fingerprint density at radius 3 is 1.71 bits per heavy atom. The van der Waals surface area contributed by atoms with Crippen LogP contribution in [-0.4, -0.2) is 9.13 Å². The molecule has 3 heterocycles. The number of nitrogens with zero attached hydrogens (tertiary/aromatic N) is 2. The van der Waals surface area contributed by atoms with Crippen LogP contribution in [0.4, 0.5) is 0 Å². The summed E-state index contributed by atoms with van der Waals surface area (Å²) in [6.07, 6.45) is 8.16. The van der Waals surface area contributed by atoms with Gasteiger partial charge in [-0.2, -0.15) is 0 Å². The molecule has 0 atom stereocenters. The Morgan fingerprint density at radius 1 is 0.448 bits per heavy atom. The maximum absolute atomic E-state index is 3.99. The molecular weight excluding hydrogens is 721 g/mol. The largest absolute Gasteiger partial charge is 0.309 e. The average molecular weight is 759 g/mol. The molecule has 11 rings (SSSR count). The minimum Gasteiger partial charge on any atom is -0.309 e. The van der Waals surface area contributed by atoms with Crippen molar-refractivity contribution < 1.29 is 0 Å². The van der Waals surface area contributed by atoms with Crippen LogP contribution in [0.2, 0.25) is 0 Å². The molecule has 274 valence electrons. The Morgan fingerprint density at radius 2 is 0.966 bits per heavy atom. The highest BCUT2D eigenvalue weighted by Gasteiger charge is 2.17. The molecule has 0 spiro atoms. The van der Waals surface area contributed by atoms with Crippen LogP contribution >= 0.6 is 11.3 Å². The van der Waals surface area contributed by atoms with E-state index in [9.17, 15) is 0 Å². The van der Waals surface area contributed by atoms with Gasteiger partial charge in [-0.25, -0.2) is 0 Å². The summed E-state index contributed by atoms with van der Waals surface area (Å²) in [4.78, 5) is 0. The molecule has 0 saturated carbocycles. The first kappa shape index (κ1) is 34.1. The van der Waals surface area contributed by atoms with E-state index in [2.05, 4.69) is 217 Å². The molecule has 3 aromatic heterocycles. The third kappa shape index (κ3) is 5.47. The van der Waals surface area contributed by atoms with Crippen LogP contribution in [0.15, 0.2) is 207 Å². The maximum Gasteiger partial charge on any atom is 0.0541 e. The molecule has 0 amide bonds. The van der Waals surface area contributed by atoms with E-state index < -0.39 is 0 Å². The van der Waals surface area contributed by atoms with Gasteiger partial charge < -0.3 is 9.13 Å². The van der Waals surface area contributed by atoms with E-state index >= 15 is 0 Å². The summed E-state index contributed by atoms with van der Waals surface area (Å²) >= 11 is 1.86. The van der Waals surface area contributed by atoms with Gasteiger partial charge in [-0.15, -0.1) is 11.3 Å². The zero-order valence-corrected chi connectivity index (χ0v) is 32.9. The summed E-state index contributed by atoms with van der Waals surface area (Å²) in [6, 6.07) is 64.8. The third-order valence-electron chi connectivity index (χ3n) is 11.6. The van der Waals surface area contributed by atoms with Gasteiger partial charge in [-0.3, -0.25) is 0 Å². The zero-order valence-electron chi connectivity index (χ0n) is 32.1. The minimum absolute atomic E-state index is 1.09. The van der Waals surface area contributed by atoms with Crippen molar-refractivity contribution in [1.82, 2.24) is 9.13 Å². The van der Waals surface area contributed by atoms with Gasteiger partial charge >= 0.3 is 0 Å². The zero-order chi connectivity index (χ0) is 38.7. The Hall–Kier alpha value is -7.20. The lowest BCUT2D eigenvalue weighted by Gasteiger charge is -2.11. The highest BCUT2D eigenvalue weighted by molar-refractivity contribution is 7.25. The average Bonchev–Trinajstić information content (AvgIpc) is 3.93. The number of fused-ring (bicyclic) bond motifs is 9. The van der Waals surface area contributed by atoms with Crippen molar-refractivity contribution in [3.05, 3.63) is 207 Å². The molecule has 2 nitrogen and oxygen atoms in total. The maximum atomic E-state index is 3.99. The Kier molecular flexibility index (Phi) is 8.09. The molecule has 3 heteroatoms. The van der Waals surface area contributed by atoms with Crippen molar-refractivity contribution in [3.63, 3.8) is 0 Å². The van der Waals surface area contributed by atoms with Crippen LogP contribution < -0.4 is 0 Å². The first-order valence-corrected chi connectivity index (χ1v) is 20.6. The number of hydrogen-bond donors (Lipinski definition) is 0. The lowest BCUT2D eigenvalue weighted by atomic mass is 9.98. The highest BCUT2D eigenvalue weighted by Crippen LogP contribution is 2.40. The second-order valence-electron chi connectivity index (χ2n) is 14.9. The Balaban J connectivity index is 0.967. The van der Waals surface area contributed by atoms with Gasteiger partial charge in [-0.05, 0) is 125 Å². The molecule has 0 radical (unpaired) electrons. The second-order valence-corrected chi connectivity index (χ2v) is 16.0. The van der Waals surface area contributed by atoms with E-state index in [1.165, 1.54) is 97.2 Å². The number of para-hydroxylation sites is 2. The predicted octanol–water partition coefficient (Wildman–Crippen LogP) is 15.9. The molecule has 0 fully saturated rings. The van der Waals surface area contributed by atoms with E-state index in [1.807, 2.05) is 17.4 Å². The topological polar surface area (TPSA) is 9.86 Å². The molecule has 0 bridgehead atoms. The number of hydrogen-bond acceptors (Lipinski definition) is 1. The van der Waals surface area contributed by atoms with Crippen LogP contribution in [0.5, 0.6) is 0 Å². The summed E-state index contributed by atoms with van der Waals surface area (Å²) in [5.41, 5.74) is 14.3. The highest BCUT2D eigenvalue weighted by atomic mass is 32.1. The fourth-order valence-electron chi connectivity index (χ4n) is 8.94. The summed E-state index contributed by atoms with van der Waals surface area (Å²) < 4.78 is 7.40. The number of benzene rings is 8. The van der Waals surface area contributed by atoms with Crippen molar-refractivity contribution in [2.45, 2.75) is 6.92 Å².